The van der Waals surface area contributed by atoms with Crippen molar-refractivity contribution in [3.05, 3.63) is 204 Å². The molecule has 0 saturated carbocycles. The Hall–Kier alpha value is -9.36. The van der Waals surface area contributed by atoms with Crippen LogP contribution in [-0.2, 0) is 0 Å². The van der Waals surface area contributed by atoms with E-state index in [1.165, 1.54) is 60.7 Å². The van der Waals surface area contributed by atoms with Crippen molar-refractivity contribution in [2.75, 3.05) is 0 Å². The first kappa shape index (κ1) is 37.9. The lowest BCUT2D eigenvalue weighted by atomic mass is 9.87. The number of ether oxygens (including phenoxy) is 1. The second-order valence-corrected chi connectivity index (χ2v) is 13.1. The smallest absolute Gasteiger partial charge is 0.387 e. The minimum Gasteiger partial charge on any atom is -0.435 e. The minimum absolute atomic E-state index is 0.0101. The molecule has 0 aliphatic heterocycles. The van der Waals surface area contributed by atoms with Crippen LogP contribution in [0.2, 0.25) is 0 Å². The van der Waals surface area contributed by atoms with Crippen molar-refractivity contribution in [1.82, 2.24) is 0 Å². The molecule has 0 fully saturated rings. The van der Waals surface area contributed by atoms with Crippen LogP contribution in [-0.4, -0.2) is 6.61 Å². The summed E-state index contributed by atoms with van der Waals surface area (Å²) in [6.45, 7) is 31.1. The fourth-order valence-electron chi connectivity index (χ4n) is 7.32. The number of rotatable bonds is 6. The molecule has 0 N–H and O–H groups in total. The second kappa shape index (κ2) is 15.4. The van der Waals surface area contributed by atoms with Gasteiger partial charge in [-0.3, -0.25) is 0 Å². The van der Waals surface area contributed by atoms with Gasteiger partial charge in [0.2, 0.25) is 5.70 Å². The number of nitriles is 4. The highest BCUT2D eigenvalue weighted by Crippen LogP contribution is 2.56. The molecule has 9 nitrogen and oxygen atoms in total. The van der Waals surface area contributed by atoms with E-state index in [0.29, 0.717) is 44.5 Å². The zero-order valence-corrected chi connectivity index (χ0v) is 30.6. The quantitative estimate of drug-likeness (QED) is 0.126. The van der Waals surface area contributed by atoms with Gasteiger partial charge in [-0.15, -0.1) is 0 Å². The zero-order valence-electron chi connectivity index (χ0n) is 30.6. The Kier molecular flexibility index (Phi) is 9.91. The largest absolute Gasteiger partial charge is 0.435 e. The molecule has 7 rings (SSSR count). The molecule has 0 amide bonds. The molecule has 0 unspecified atom stereocenters. The third-order valence-corrected chi connectivity index (χ3v) is 9.76. The van der Waals surface area contributed by atoms with E-state index in [1.54, 1.807) is 12.1 Å². The van der Waals surface area contributed by atoms with Crippen molar-refractivity contribution in [3.8, 4) is 30.0 Å². The Morgan fingerprint density at radius 3 is 1.71 bits per heavy atom. The Morgan fingerprint density at radius 2 is 1.17 bits per heavy atom. The minimum atomic E-state index is -3.09. The summed E-state index contributed by atoms with van der Waals surface area (Å²) in [5.74, 6) is -0.148. The van der Waals surface area contributed by atoms with Crippen LogP contribution >= 0.6 is 0 Å². The van der Waals surface area contributed by atoms with Gasteiger partial charge in [0.1, 0.15) is 17.9 Å². The number of fused-ring (bicyclic) bond motifs is 2. The van der Waals surface area contributed by atoms with Crippen LogP contribution in [0.4, 0.5) is 20.2 Å². The molecule has 272 valence electrons. The van der Waals surface area contributed by atoms with Gasteiger partial charge >= 0.3 is 6.61 Å². The van der Waals surface area contributed by atoms with E-state index < -0.39 is 6.61 Å². The standard InChI is InChI=1S/C48H20F2N8O/c1-26-6-8-30(9-7-26)43-45(46(57-4)32-15-28(23-52)17-34(19-32)56-3)38-20-36-37(21-39(38)47(43)58-5)44(40(24-53)31-14-27(22-51)16-33(18-31)55-2)42(41(36)25-54)29-10-12-35(13-11-29)59-48(49)50/h6-21,48H,1H3/b44-40+,46-45-. The molecule has 59 heavy (non-hydrogen) atoms. The molecule has 5 aromatic carbocycles. The van der Waals surface area contributed by atoms with Crippen molar-refractivity contribution in [2.45, 2.75) is 13.5 Å². The van der Waals surface area contributed by atoms with E-state index in [2.05, 4.69) is 36.3 Å². The van der Waals surface area contributed by atoms with Gasteiger partial charge in [-0.1, -0.05) is 60.2 Å². The van der Waals surface area contributed by atoms with Crippen molar-refractivity contribution in [2.24, 2.45) is 0 Å². The summed E-state index contributed by atoms with van der Waals surface area (Å²) in [6, 6.07) is 33.5. The highest BCUT2D eigenvalue weighted by Gasteiger charge is 2.37. The van der Waals surface area contributed by atoms with E-state index in [-0.39, 0.29) is 73.1 Å². The lowest BCUT2D eigenvalue weighted by Crippen LogP contribution is -2.01. The molecule has 0 spiro atoms. The van der Waals surface area contributed by atoms with E-state index in [4.69, 9.17) is 26.3 Å². The van der Waals surface area contributed by atoms with Gasteiger partial charge in [0.25, 0.3) is 0 Å². The number of nitrogens with zero attached hydrogens (tertiary/aromatic N) is 8. The molecular weight excluding hydrogens is 743 g/mol. The fourth-order valence-corrected chi connectivity index (χ4v) is 7.32. The van der Waals surface area contributed by atoms with Gasteiger partial charge in [0.15, 0.2) is 17.1 Å². The van der Waals surface area contributed by atoms with Crippen LogP contribution in [0.3, 0.4) is 0 Å². The lowest BCUT2D eigenvalue weighted by molar-refractivity contribution is -0.0498. The number of hydrogen-bond acceptors (Lipinski definition) is 5. The first-order chi connectivity index (χ1) is 28.6. The normalized spacial score (nSPS) is 14.0. The Morgan fingerprint density at radius 1 is 0.610 bits per heavy atom. The summed E-state index contributed by atoms with van der Waals surface area (Å²) in [7, 11) is 0. The van der Waals surface area contributed by atoms with Crippen molar-refractivity contribution >= 4 is 56.2 Å². The molecule has 0 heterocycles. The molecule has 0 aromatic heterocycles. The molecule has 0 atom stereocenters. The van der Waals surface area contributed by atoms with Crippen LogP contribution in [0.25, 0.3) is 64.2 Å². The first-order valence-corrected chi connectivity index (χ1v) is 17.3. The molecule has 2 aliphatic carbocycles. The predicted octanol–water partition coefficient (Wildman–Crippen LogP) is 11.9. The van der Waals surface area contributed by atoms with E-state index in [0.717, 1.165) is 5.56 Å². The Labute approximate surface area is 337 Å². The average molecular weight is 763 g/mol. The van der Waals surface area contributed by atoms with Crippen LogP contribution in [0.5, 0.6) is 5.75 Å². The van der Waals surface area contributed by atoms with Gasteiger partial charge in [0.05, 0.1) is 49.6 Å². The van der Waals surface area contributed by atoms with Crippen molar-refractivity contribution < 1.29 is 13.5 Å². The van der Waals surface area contributed by atoms with Crippen LogP contribution in [0.1, 0.15) is 61.2 Å². The highest BCUT2D eigenvalue weighted by atomic mass is 19.3. The van der Waals surface area contributed by atoms with Gasteiger partial charge in [-0.2, -0.15) is 29.8 Å². The first-order valence-electron chi connectivity index (χ1n) is 17.3. The Balaban J connectivity index is 1.64. The second-order valence-electron chi connectivity index (χ2n) is 13.1. The SMILES string of the molecule is [C-]#[N+]C1=C(c2ccc(C)cc2)/C(=C(\[N+]#[C-])c2cc(C#N)cc([N+]#[C-])c2)c2cc3c(cc21)/C(=C(/C#N)c1cc(C#N)cc([N+]#[C-])c1)C(c1ccc(OC(F)F)cc1)=C3C#N. The van der Waals surface area contributed by atoms with E-state index in [9.17, 15) is 29.8 Å². The van der Waals surface area contributed by atoms with Crippen molar-refractivity contribution in [3.63, 3.8) is 0 Å². The number of allylic oxidation sites excluding steroid dienone is 6. The van der Waals surface area contributed by atoms with Crippen molar-refractivity contribution in [1.29, 1.82) is 21.0 Å². The molecule has 0 saturated heterocycles. The van der Waals surface area contributed by atoms with Crippen LogP contribution in [0.15, 0.2) is 97.1 Å². The maximum Gasteiger partial charge on any atom is 0.387 e. The molecule has 2 aliphatic rings. The molecule has 0 radical (unpaired) electrons. The third kappa shape index (κ3) is 6.60. The maximum atomic E-state index is 13.1. The summed E-state index contributed by atoms with van der Waals surface area (Å²) in [5.41, 5.74) is 5.76. The summed E-state index contributed by atoms with van der Waals surface area (Å²) in [5, 5.41) is 41.5. The maximum absolute atomic E-state index is 13.1. The summed E-state index contributed by atoms with van der Waals surface area (Å²) in [4.78, 5) is 14.9. The number of alkyl halides is 2. The number of aryl methyl sites for hydroxylation is 1. The topological polar surface area (TPSA) is 122 Å². The molecular formula is C48H20F2N8O. The summed E-state index contributed by atoms with van der Waals surface area (Å²) >= 11 is 0. The zero-order chi connectivity index (χ0) is 42.0. The average Bonchev–Trinajstić information content (AvgIpc) is 3.74. The van der Waals surface area contributed by atoms with Gasteiger partial charge in [0, 0.05) is 27.8 Å². The number of hydrogen-bond donors (Lipinski definition) is 0. The third-order valence-electron chi connectivity index (χ3n) is 9.76. The fraction of sp³-hybridized carbons (Fsp3) is 0.0417. The summed E-state index contributed by atoms with van der Waals surface area (Å²) < 4.78 is 30.8. The molecule has 0 bridgehead atoms. The number of halogens is 2. The van der Waals surface area contributed by atoms with Gasteiger partial charge in [-0.25, -0.2) is 19.4 Å². The lowest BCUT2D eigenvalue weighted by Gasteiger charge is -2.15. The van der Waals surface area contributed by atoms with E-state index in [1.807, 2.05) is 43.3 Å². The molecule has 11 heteroatoms. The van der Waals surface area contributed by atoms with E-state index >= 15 is 0 Å². The van der Waals surface area contributed by atoms with Crippen LogP contribution in [0, 0.1) is 78.5 Å². The predicted molar refractivity (Wildman–Crippen MR) is 217 cm³/mol. The molecule has 5 aromatic rings. The number of benzene rings is 5. The monoisotopic (exact) mass is 762 g/mol. The van der Waals surface area contributed by atoms with Crippen LogP contribution < -0.4 is 4.74 Å². The van der Waals surface area contributed by atoms with Gasteiger partial charge < -0.3 is 4.74 Å². The summed E-state index contributed by atoms with van der Waals surface area (Å²) in [6.07, 6.45) is 0. The Bertz CT molecular complexity index is 3120. The highest BCUT2D eigenvalue weighted by molar-refractivity contribution is 6.33. The van der Waals surface area contributed by atoms with Gasteiger partial charge in [-0.05, 0) is 99.5 Å².